The van der Waals surface area contributed by atoms with Crippen molar-refractivity contribution in [2.75, 3.05) is 11.9 Å². The smallest absolute Gasteiger partial charge is 0.292 e. The van der Waals surface area contributed by atoms with E-state index in [1.54, 1.807) is 0 Å². The number of nitrogens with one attached hydrogen (secondary N) is 1. The minimum atomic E-state index is -0.470. The summed E-state index contributed by atoms with van der Waals surface area (Å²) in [5.74, 6) is -0.344. The maximum atomic E-state index is 10.8. The largest absolute Gasteiger partial charge is 0.379 e. The van der Waals surface area contributed by atoms with Gasteiger partial charge in [0.2, 0.25) is 5.91 Å². The molecule has 0 saturated carbocycles. The summed E-state index contributed by atoms with van der Waals surface area (Å²) in [4.78, 5) is 20.8. The van der Waals surface area contributed by atoms with E-state index in [4.69, 9.17) is 17.3 Å². The highest BCUT2D eigenvalue weighted by Crippen LogP contribution is 2.27. The van der Waals surface area contributed by atoms with Crippen LogP contribution in [0, 0.1) is 10.1 Å². The first-order valence-corrected chi connectivity index (χ1v) is 5.84. The Bertz CT molecular complexity index is 451. The molecule has 3 N–H and O–H groups in total. The fourth-order valence-electron chi connectivity index (χ4n) is 1.46. The number of nitrogens with two attached hydrogens (primary N) is 1. The van der Waals surface area contributed by atoms with Gasteiger partial charge in [0.1, 0.15) is 5.69 Å². The van der Waals surface area contributed by atoms with Gasteiger partial charge in [-0.05, 0) is 25.0 Å². The van der Waals surface area contributed by atoms with Crippen LogP contribution in [0.25, 0.3) is 0 Å². The van der Waals surface area contributed by atoms with Gasteiger partial charge in [0.15, 0.2) is 0 Å². The minimum absolute atomic E-state index is 0.0192. The first kappa shape index (κ1) is 14.2. The van der Waals surface area contributed by atoms with Crippen LogP contribution in [0.4, 0.5) is 11.4 Å². The van der Waals surface area contributed by atoms with Crippen LogP contribution in [-0.4, -0.2) is 17.4 Å². The molecular formula is C11H14ClN3O3. The number of primary amides is 1. The Balaban J connectivity index is 2.53. The van der Waals surface area contributed by atoms with Crippen LogP contribution in [0.15, 0.2) is 18.2 Å². The second kappa shape index (κ2) is 6.80. The Morgan fingerprint density at radius 1 is 1.44 bits per heavy atom. The highest BCUT2D eigenvalue weighted by Gasteiger charge is 2.13. The van der Waals surface area contributed by atoms with Gasteiger partial charge in [0, 0.05) is 24.1 Å². The number of hydrogen-bond donors (Lipinski definition) is 2. The number of anilines is 1. The quantitative estimate of drug-likeness (QED) is 0.452. The summed E-state index contributed by atoms with van der Waals surface area (Å²) in [5, 5.41) is 14.1. The van der Waals surface area contributed by atoms with Gasteiger partial charge in [0.25, 0.3) is 5.69 Å². The summed E-state index contributed by atoms with van der Waals surface area (Å²) in [7, 11) is 0. The van der Waals surface area contributed by atoms with E-state index in [0.29, 0.717) is 36.5 Å². The van der Waals surface area contributed by atoms with Crippen LogP contribution in [0.2, 0.25) is 5.02 Å². The molecule has 0 atom stereocenters. The van der Waals surface area contributed by atoms with Crippen molar-refractivity contribution < 1.29 is 9.72 Å². The van der Waals surface area contributed by atoms with E-state index < -0.39 is 4.92 Å². The number of halogens is 1. The van der Waals surface area contributed by atoms with E-state index in [1.807, 2.05) is 0 Å². The Hall–Kier alpha value is -1.82. The SMILES string of the molecule is NC(=O)CCCCNc1cc(Cl)ccc1[N+](=O)[O-]. The number of nitro benzene ring substituents is 1. The van der Waals surface area contributed by atoms with Gasteiger partial charge in [-0.1, -0.05) is 11.6 Å². The predicted octanol–water partition coefficient (Wildman–Crippen LogP) is 2.32. The van der Waals surface area contributed by atoms with E-state index in [0.717, 1.165) is 0 Å². The first-order chi connectivity index (χ1) is 8.50. The molecule has 0 saturated heterocycles. The normalized spacial score (nSPS) is 10.1. The van der Waals surface area contributed by atoms with Gasteiger partial charge in [-0.3, -0.25) is 14.9 Å². The molecule has 0 heterocycles. The van der Waals surface area contributed by atoms with Gasteiger partial charge >= 0.3 is 0 Å². The Labute approximate surface area is 109 Å². The number of carbonyl (C=O) groups excluding carboxylic acids is 1. The van der Waals surface area contributed by atoms with Crippen molar-refractivity contribution in [3.8, 4) is 0 Å². The van der Waals surface area contributed by atoms with Crippen molar-refractivity contribution >= 4 is 28.9 Å². The molecule has 1 amide bonds. The molecule has 1 rings (SSSR count). The number of nitrogens with zero attached hydrogens (tertiary/aromatic N) is 1. The molecule has 0 aliphatic rings. The summed E-state index contributed by atoms with van der Waals surface area (Å²) in [6.07, 6.45) is 1.67. The summed E-state index contributed by atoms with van der Waals surface area (Å²) in [5.41, 5.74) is 5.37. The average molecular weight is 272 g/mol. The lowest BCUT2D eigenvalue weighted by Gasteiger charge is -2.07. The molecule has 0 aliphatic heterocycles. The van der Waals surface area contributed by atoms with E-state index in [2.05, 4.69) is 5.32 Å². The molecule has 18 heavy (non-hydrogen) atoms. The average Bonchev–Trinajstić information content (AvgIpc) is 2.27. The molecule has 1 aromatic carbocycles. The molecule has 0 fully saturated rings. The van der Waals surface area contributed by atoms with Crippen molar-refractivity contribution in [3.05, 3.63) is 33.3 Å². The Morgan fingerprint density at radius 3 is 2.78 bits per heavy atom. The number of unbranched alkanes of at least 4 members (excludes halogenated alkanes) is 1. The van der Waals surface area contributed by atoms with Crippen LogP contribution < -0.4 is 11.1 Å². The number of amides is 1. The maximum absolute atomic E-state index is 10.8. The summed E-state index contributed by atoms with van der Waals surface area (Å²) in [6, 6.07) is 4.33. The molecule has 0 radical (unpaired) electrons. The van der Waals surface area contributed by atoms with Crippen molar-refractivity contribution in [1.29, 1.82) is 0 Å². The molecular weight excluding hydrogens is 258 g/mol. The highest BCUT2D eigenvalue weighted by molar-refractivity contribution is 6.31. The van der Waals surface area contributed by atoms with Crippen molar-refractivity contribution in [2.24, 2.45) is 5.73 Å². The topological polar surface area (TPSA) is 98.3 Å². The fourth-order valence-corrected chi connectivity index (χ4v) is 1.63. The van der Waals surface area contributed by atoms with E-state index in [9.17, 15) is 14.9 Å². The Kier molecular flexibility index (Phi) is 5.38. The lowest BCUT2D eigenvalue weighted by molar-refractivity contribution is -0.384. The van der Waals surface area contributed by atoms with Crippen LogP contribution >= 0.6 is 11.6 Å². The lowest BCUT2D eigenvalue weighted by atomic mass is 10.2. The van der Waals surface area contributed by atoms with Crippen LogP contribution in [-0.2, 0) is 4.79 Å². The van der Waals surface area contributed by atoms with E-state index >= 15 is 0 Å². The molecule has 6 nitrogen and oxygen atoms in total. The van der Waals surface area contributed by atoms with Crippen molar-refractivity contribution in [3.63, 3.8) is 0 Å². The first-order valence-electron chi connectivity index (χ1n) is 5.47. The van der Waals surface area contributed by atoms with Gasteiger partial charge < -0.3 is 11.1 Å². The molecule has 0 aromatic heterocycles. The van der Waals surface area contributed by atoms with Gasteiger partial charge in [0.05, 0.1) is 4.92 Å². The third-order valence-corrected chi connectivity index (χ3v) is 2.56. The number of nitro groups is 1. The van der Waals surface area contributed by atoms with Gasteiger partial charge in [-0.15, -0.1) is 0 Å². The zero-order valence-electron chi connectivity index (χ0n) is 9.69. The van der Waals surface area contributed by atoms with Gasteiger partial charge in [-0.25, -0.2) is 0 Å². The molecule has 0 unspecified atom stereocenters. The molecule has 7 heteroatoms. The third-order valence-electron chi connectivity index (χ3n) is 2.32. The second-order valence-corrected chi connectivity index (χ2v) is 4.21. The lowest BCUT2D eigenvalue weighted by Crippen LogP contribution is -2.11. The third kappa shape index (κ3) is 4.58. The number of benzene rings is 1. The van der Waals surface area contributed by atoms with E-state index in [1.165, 1.54) is 18.2 Å². The van der Waals surface area contributed by atoms with Crippen LogP contribution in [0.3, 0.4) is 0 Å². The molecule has 0 spiro atoms. The Morgan fingerprint density at radius 2 is 2.17 bits per heavy atom. The van der Waals surface area contributed by atoms with Crippen molar-refractivity contribution in [1.82, 2.24) is 0 Å². The predicted molar refractivity (Wildman–Crippen MR) is 69.6 cm³/mol. The second-order valence-electron chi connectivity index (χ2n) is 3.77. The summed E-state index contributed by atoms with van der Waals surface area (Å²) < 4.78 is 0. The van der Waals surface area contributed by atoms with E-state index in [-0.39, 0.29) is 11.6 Å². The van der Waals surface area contributed by atoms with Gasteiger partial charge in [-0.2, -0.15) is 0 Å². The zero-order valence-corrected chi connectivity index (χ0v) is 10.4. The fraction of sp³-hybridized carbons (Fsp3) is 0.364. The van der Waals surface area contributed by atoms with Crippen LogP contribution in [0.1, 0.15) is 19.3 Å². The number of hydrogen-bond acceptors (Lipinski definition) is 4. The molecule has 0 aliphatic carbocycles. The molecule has 98 valence electrons. The minimum Gasteiger partial charge on any atom is -0.379 e. The van der Waals surface area contributed by atoms with Crippen LogP contribution in [0.5, 0.6) is 0 Å². The molecule has 0 bridgehead atoms. The monoisotopic (exact) mass is 271 g/mol. The highest BCUT2D eigenvalue weighted by atomic mass is 35.5. The number of rotatable bonds is 7. The van der Waals surface area contributed by atoms with Crippen molar-refractivity contribution in [2.45, 2.75) is 19.3 Å². The molecule has 1 aromatic rings. The number of carbonyl (C=O) groups is 1. The zero-order chi connectivity index (χ0) is 13.5. The summed E-state index contributed by atoms with van der Waals surface area (Å²) >= 11 is 5.78. The standard InChI is InChI=1S/C11H14ClN3O3/c12-8-4-5-10(15(17)18)9(7-8)14-6-2-1-3-11(13)16/h4-5,7,14H,1-3,6H2,(H2,13,16). The summed E-state index contributed by atoms with van der Waals surface area (Å²) in [6.45, 7) is 0.522. The maximum Gasteiger partial charge on any atom is 0.292 e.